The lowest BCUT2D eigenvalue weighted by atomic mass is 10.1. The summed E-state index contributed by atoms with van der Waals surface area (Å²) >= 11 is 0. The highest BCUT2D eigenvalue weighted by atomic mass is 19.2. The zero-order valence-corrected chi connectivity index (χ0v) is 10.4. The molecule has 1 N–H and O–H groups in total. The number of carboxylic acid groups (broad SMARTS) is 1. The Morgan fingerprint density at radius 3 is 2.45 bits per heavy atom. The minimum atomic E-state index is -1.18. The summed E-state index contributed by atoms with van der Waals surface area (Å²) in [6.07, 6.45) is 0.622. The first-order chi connectivity index (χ1) is 9.41. The average molecular weight is 283 g/mol. The summed E-state index contributed by atoms with van der Waals surface area (Å²) in [5.74, 6) is -5.00. The number of unbranched alkanes of at least 4 members (excludes halogenated alkanes) is 1. The molecule has 0 aliphatic carbocycles. The van der Waals surface area contributed by atoms with E-state index >= 15 is 0 Å². The maximum absolute atomic E-state index is 13.2. The zero-order valence-electron chi connectivity index (χ0n) is 10.4. The highest BCUT2D eigenvalue weighted by molar-refractivity contribution is 6.52. The number of Topliss-reactive ketones (excluding diaryl/α,β-unsaturated/α-hetero) is 1. The zero-order chi connectivity index (χ0) is 14.9. The molecule has 0 aromatic heterocycles. The fourth-order valence-electron chi connectivity index (χ4n) is 2.06. The Balaban J connectivity index is 2.16. The molecule has 1 aliphatic rings. The van der Waals surface area contributed by atoms with Gasteiger partial charge in [-0.25, -0.2) is 8.78 Å². The molecule has 0 atom stereocenters. The summed E-state index contributed by atoms with van der Waals surface area (Å²) in [7, 11) is 0. The van der Waals surface area contributed by atoms with Crippen LogP contribution >= 0.6 is 0 Å². The fraction of sp³-hybridized carbons (Fsp3) is 0.308. The van der Waals surface area contributed by atoms with Crippen molar-refractivity contribution in [3.63, 3.8) is 0 Å². The second-order valence-electron chi connectivity index (χ2n) is 4.42. The van der Waals surface area contributed by atoms with Gasteiger partial charge in [0.15, 0.2) is 11.6 Å². The number of fused-ring (bicyclic) bond motifs is 1. The summed E-state index contributed by atoms with van der Waals surface area (Å²) in [5.41, 5.74) is -0.124. The first-order valence-electron chi connectivity index (χ1n) is 5.99. The van der Waals surface area contributed by atoms with Gasteiger partial charge in [0, 0.05) is 19.0 Å². The van der Waals surface area contributed by atoms with E-state index in [0.29, 0.717) is 18.9 Å². The van der Waals surface area contributed by atoms with Gasteiger partial charge in [-0.2, -0.15) is 0 Å². The monoisotopic (exact) mass is 283 g/mol. The maximum Gasteiger partial charge on any atom is 0.303 e. The Morgan fingerprint density at radius 2 is 1.80 bits per heavy atom. The predicted octanol–water partition coefficient (Wildman–Crippen LogP) is 1.75. The van der Waals surface area contributed by atoms with Gasteiger partial charge in [-0.3, -0.25) is 14.4 Å². The van der Waals surface area contributed by atoms with Gasteiger partial charge in [0.1, 0.15) is 0 Å². The number of anilines is 1. The number of hydrogen-bond acceptors (Lipinski definition) is 3. The van der Waals surface area contributed by atoms with E-state index in [9.17, 15) is 23.2 Å². The second-order valence-corrected chi connectivity index (χ2v) is 4.42. The van der Waals surface area contributed by atoms with Crippen LogP contribution in [-0.4, -0.2) is 29.3 Å². The lowest BCUT2D eigenvalue weighted by Crippen LogP contribution is -2.30. The first-order valence-corrected chi connectivity index (χ1v) is 5.99. The van der Waals surface area contributed by atoms with Crippen LogP contribution in [-0.2, 0) is 9.59 Å². The number of carboxylic acids is 1. The Bertz CT molecular complexity index is 600. The fourth-order valence-corrected chi connectivity index (χ4v) is 2.06. The molecule has 0 spiro atoms. The van der Waals surface area contributed by atoms with E-state index in [1.54, 1.807) is 0 Å². The molecule has 1 aromatic rings. The standard InChI is InChI=1S/C13H11F2NO4/c14-8-5-7-10(6-9(8)15)16(13(20)12(7)19)4-2-1-3-11(17)18/h5-6H,1-4H2,(H,17,18). The summed E-state index contributed by atoms with van der Waals surface area (Å²) in [4.78, 5) is 34.8. The lowest BCUT2D eigenvalue weighted by molar-refractivity contribution is -0.137. The van der Waals surface area contributed by atoms with Crippen LogP contribution in [0.3, 0.4) is 0 Å². The SMILES string of the molecule is O=C(O)CCCCN1C(=O)C(=O)c2cc(F)c(F)cc21. The molecule has 0 radical (unpaired) electrons. The van der Waals surface area contributed by atoms with Crippen molar-refractivity contribution in [1.29, 1.82) is 0 Å². The van der Waals surface area contributed by atoms with Gasteiger partial charge in [0.2, 0.25) is 0 Å². The van der Waals surface area contributed by atoms with Gasteiger partial charge in [0.25, 0.3) is 11.7 Å². The van der Waals surface area contributed by atoms with Gasteiger partial charge >= 0.3 is 5.97 Å². The number of rotatable bonds is 5. The number of hydrogen-bond donors (Lipinski definition) is 1. The maximum atomic E-state index is 13.2. The quantitative estimate of drug-likeness (QED) is 0.660. The van der Waals surface area contributed by atoms with Crippen LogP contribution in [0.5, 0.6) is 0 Å². The number of halogens is 2. The number of amides is 1. The number of aliphatic carboxylic acids is 1. The minimum Gasteiger partial charge on any atom is -0.481 e. The topological polar surface area (TPSA) is 74.7 Å². The molecular weight excluding hydrogens is 272 g/mol. The number of carbonyl (C=O) groups is 3. The number of ketones is 1. The van der Waals surface area contributed by atoms with Crippen LogP contribution in [0.2, 0.25) is 0 Å². The molecule has 0 fully saturated rings. The highest BCUT2D eigenvalue weighted by Crippen LogP contribution is 2.31. The van der Waals surface area contributed by atoms with E-state index in [-0.39, 0.29) is 24.2 Å². The summed E-state index contributed by atoms with van der Waals surface area (Å²) in [6.45, 7) is 0.0932. The largest absolute Gasteiger partial charge is 0.481 e. The molecule has 1 amide bonds. The third-order valence-corrected chi connectivity index (χ3v) is 3.04. The van der Waals surface area contributed by atoms with Crippen molar-refractivity contribution in [2.75, 3.05) is 11.4 Å². The summed E-state index contributed by atoms with van der Waals surface area (Å²) < 4.78 is 26.3. The normalized spacial score (nSPS) is 13.8. The molecule has 5 nitrogen and oxygen atoms in total. The molecule has 1 aliphatic heterocycles. The van der Waals surface area contributed by atoms with Gasteiger partial charge in [-0.15, -0.1) is 0 Å². The van der Waals surface area contributed by atoms with E-state index < -0.39 is 29.3 Å². The van der Waals surface area contributed by atoms with Crippen LogP contribution in [0, 0.1) is 11.6 Å². The number of nitrogens with zero attached hydrogens (tertiary/aromatic N) is 1. The Labute approximate surface area is 112 Å². The average Bonchev–Trinajstić information content (AvgIpc) is 2.60. The van der Waals surface area contributed by atoms with Gasteiger partial charge in [-0.1, -0.05) is 0 Å². The summed E-state index contributed by atoms with van der Waals surface area (Å²) in [6, 6.07) is 1.52. The number of benzene rings is 1. The van der Waals surface area contributed by atoms with E-state index in [0.717, 1.165) is 11.0 Å². The smallest absolute Gasteiger partial charge is 0.303 e. The van der Waals surface area contributed by atoms with Crippen LogP contribution < -0.4 is 4.90 Å². The summed E-state index contributed by atoms with van der Waals surface area (Å²) in [5, 5.41) is 8.50. The van der Waals surface area contributed by atoms with Crippen molar-refractivity contribution in [2.24, 2.45) is 0 Å². The van der Waals surface area contributed by atoms with Crippen LogP contribution in [0.4, 0.5) is 14.5 Å². The van der Waals surface area contributed by atoms with Gasteiger partial charge in [-0.05, 0) is 18.9 Å². The van der Waals surface area contributed by atoms with Crippen molar-refractivity contribution >= 4 is 23.3 Å². The van der Waals surface area contributed by atoms with Crippen LogP contribution in [0.1, 0.15) is 29.6 Å². The molecule has 7 heteroatoms. The molecule has 0 saturated carbocycles. The Kier molecular flexibility index (Phi) is 3.78. The molecule has 20 heavy (non-hydrogen) atoms. The molecule has 1 heterocycles. The van der Waals surface area contributed by atoms with Crippen molar-refractivity contribution in [2.45, 2.75) is 19.3 Å². The van der Waals surface area contributed by atoms with E-state index in [4.69, 9.17) is 5.11 Å². The number of carbonyl (C=O) groups excluding carboxylic acids is 2. The molecule has 106 valence electrons. The van der Waals surface area contributed by atoms with Crippen LogP contribution in [0.15, 0.2) is 12.1 Å². The van der Waals surface area contributed by atoms with Crippen molar-refractivity contribution in [1.82, 2.24) is 0 Å². The van der Waals surface area contributed by atoms with E-state index in [1.165, 1.54) is 0 Å². The van der Waals surface area contributed by atoms with Crippen molar-refractivity contribution in [3.05, 3.63) is 29.3 Å². The molecule has 0 bridgehead atoms. The van der Waals surface area contributed by atoms with Crippen molar-refractivity contribution < 1.29 is 28.3 Å². The molecule has 1 aromatic carbocycles. The molecule has 2 rings (SSSR count). The Hall–Kier alpha value is -2.31. The van der Waals surface area contributed by atoms with Gasteiger partial charge < -0.3 is 10.0 Å². The van der Waals surface area contributed by atoms with Crippen LogP contribution in [0.25, 0.3) is 0 Å². The lowest BCUT2D eigenvalue weighted by Gasteiger charge is -2.16. The molecule has 0 unspecified atom stereocenters. The predicted molar refractivity (Wildman–Crippen MR) is 64.5 cm³/mol. The van der Waals surface area contributed by atoms with Crippen molar-refractivity contribution in [3.8, 4) is 0 Å². The second kappa shape index (κ2) is 5.36. The third-order valence-electron chi connectivity index (χ3n) is 3.04. The van der Waals surface area contributed by atoms with E-state index in [2.05, 4.69) is 0 Å². The first kappa shape index (κ1) is 14.1. The molecular formula is C13H11F2NO4. The molecule has 0 saturated heterocycles. The third kappa shape index (κ3) is 2.52. The highest BCUT2D eigenvalue weighted by Gasteiger charge is 2.36. The Morgan fingerprint density at radius 1 is 1.15 bits per heavy atom. The minimum absolute atomic E-state index is 0.0363. The van der Waals surface area contributed by atoms with E-state index in [1.807, 2.05) is 0 Å². The van der Waals surface area contributed by atoms with Gasteiger partial charge in [0.05, 0.1) is 11.3 Å².